The van der Waals surface area contributed by atoms with Gasteiger partial charge in [0.25, 0.3) is 5.91 Å². The molecule has 0 aliphatic heterocycles. The van der Waals surface area contributed by atoms with Crippen molar-refractivity contribution in [1.82, 2.24) is 9.78 Å². The molecule has 19 heavy (non-hydrogen) atoms. The SMILES string of the molecule is Cc1nn(C)c(C)c1C(=O)Nc1ccccc1CBr. The van der Waals surface area contributed by atoms with Gasteiger partial charge in [-0.3, -0.25) is 9.48 Å². The van der Waals surface area contributed by atoms with Crippen molar-refractivity contribution < 1.29 is 4.79 Å². The van der Waals surface area contributed by atoms with Gasteiger partial charge in [0.2, 0.25) is 0 Å². The third-order valence-corrected chi connectivity index (χ3v) is 3.75. The Labute approximate surface area is 120 Å². The monoisotopic (exact) mass is 321 g/mol. The molecule has 100 valence electrons. The number of aryl methyl sites for hydroxylation is 2. The number of rotatable bonds is 3. The molecule has 0 radical (unpaired) electrons. The molecule has 1 amide bonds. The minimum atomic E-state index is -0.114. The molecule has 0 saturated carbocycles. The molecule has 4 nitrogen and oxygen atoms in total. The summed E-state index contributed by atoms with van der Waals surface area (Å²) in [6, 6.07) is 7.74. The quantitative estimate of drug-likeness (QED) is 0.882. The third-order valence-electron chi connectivity index (χ3n) is 3.15. The van der Waals surface area contributed by atoms with Crippen LogP contribution in [0.4, 0.5) is 5.69 Å². The minimum absolute atomic E-state index is 0.114. The number of anilines is 1. The van der Waals surface area contributed by atoms with Crippen LogP contribution in [0.25, 0.3) is 0 Å². The maximum Gasteiger partial charge on any atom is 0.259 e. The molecule has 0 aliphatic rings. The smallest absolute Gasteiger partial charge is 0.259 e. The van der Waals surface area contributed by atoms with E-state index in [9.17, 15) is 4.79 Å². The molecule has 0 bridgehead atoms. The van der Waals surface area contributed by atoms with Gasteiger partial charge in [0, 0.05) is 23.8 Å². The molecule has 0 atom stereocenters. The van der Waals surface area contributed by atoms with E-state index in [-0.39, 0.29) is 5.91 Å². The lowest BCUT2D eigenvalue weighted by Gasteiger charge is -2.09. The first-order valence-electron chi connectivity index (χ1n) is 6.00. The molecular weight excluding hydrogens is 306 g/mol. The van der Waals surface area contributed by atoms with Gasteiger partial charge in [-0.2, -0.15) is 5.10 Å². The van der Waals surface area contributed by atoms with Crippen molar-refractivity contribution in [3.05, 3.63) is 46.8 Å². The molecule has 5 heteroatoms. The molecule has 2 rings (SSSR count). The zero-order chi connectivity index (χ0) is 14.0. The molecule has 0 aliphatic carbocycles. The summed E-state index contributed by atoms with van der Waals surface area (Å²) in [5.41, 5.74) is 4.13. The van der Waals surface area contributed by atoms with Crippen molar-refractivity contribution >= 4 is 27.5 Å². The number of nitrogens with one attached hydrogen (secondary N) is 1. The Morgan fingerprint density at radius 1 is 1.37 bits per heavy atom. The van der Waals surface area contributed by atoms with Crippen molar-refractivity contribution in [2.24, 2.45) is 7.05 Å². The summed E-state index contributed by atoms with van der Waals surface area (Å²) in [7, 11) is 1.84. The van der Waals surface area contributed by atoms with E-state index in [1.54, 1.807) is 4.68 Å². The van der Waals surface area contributed by atoms with E-state index < -0.39 is 0 Å². The zero-order valence-electron chi connectivity index (χ0n) is 11.2. The van der Waals surface area contributed by atoms with Crippen molar-refractivity contribution in [3.8, 4) is 0 Å². The van der Waals surface area contributed by atoms with Crippen molar-refractivity contribution in [2.45, 2.75) is 19.2 Å². The zero-order valence-corrected chi connectivity index (χ0v) is 12.8. The fourth-order valence-electron chi connectivity index (χ4n) is 2.05. The van der Waals surface area contributed by atoms with Crippen molar-refractivity contribution in [1.29, 1.82) is 0 Å². The predicted molar refractivity (Wildman–Crippen MR) is 79.7 cm³/mol. The van der Waals surface area contributed by atoms with Gasteiger partial charge in [0.05, 0.1) is 11.3 Å². The number of amides is 1. The lowest BCUT2D eigenvalue weighted by molar-refractivity contribution is 0.102. The molecule has 1 N–H and O–H groups in total. The number of benzene rings is 1. The summed E-state index contributed by atoms with van der Waals surface area (Å²) in [5, 5.41) is 7.92. The van der Waals surface area contributed by atoms with Gasteiger partial charge >= 0.3 is 0 Å². The Morgan fingerprint density at radius 3 is 2.63 bits per heavy atom. The number of aromatic nitrogens is 2. The molecule has 1 aromatic heterocycles. The summed E-state index contributed by atoms with van der Waals surface area (Å²) >= 11 is 3.42. The molecule has 1 aromatic carbocycles. The highest BCUT2D eigenvalue weighted by molar-refractivity contribution is 9.08. The normalized spacial score (nSPS) is 10.5. The van der Waals surface area contributed by atoms with Gasteiger partial charge in [0.15, 0.2) is 0 Å². The average Bonchev–Trinajstić information content (AvgIpc) is 2.64. The van der Waals surface area contributed by atoms with Crippen LogP contribution in [0.15, 0.2) is 24.3 Å². The van der Waals surface area contributed by atoms with Gasteiger partial charge in [0.1, 0.15) is 0 Å². The fraction of sp³-hybridized carbons (Fsp3) is 0.286. The molecular formula is C14H16BrN3O. The van der Waals surface area contributed by atoms with Gasteiger partial charge in [-0.1, -0.05) is 34.1 Å². The topological polar surface area (TPSA) is 46.9 Å². The lowest BCUT2D eigenvalue weighted by Crippen LogP contribution is -2.15. The molecule has 0 saturated heterocycles. The van der Waals surface area contributed by atoms with Crippen LogP contribution >= 0.6 is 15.9 Å². The van der Waals surface area contributed by atoms with Gasteiger partial charge in [-0.25, -0.2) is 0 Å². The number of hydrogen-bond acceptors (Lipinski definition) is 2. The van der Waals surface area contributed by atoms with Gasteiger partial charge in [-0.15, -0.1) is 0 Å². The number of halogens is 1. The summed E-state index contributed by atoms with van der Waals surface area (Å²) in [6.07, 6.45) is 0. The number of carbonyl (C=O) groups is 1. The molecule has 0 fully saturated rings. The van der Waals surface area contributed by atoms with E-state index in [0.29, 0.717) is 10.9 Å². The summed E-state index contributed by atoms with van der Waals surface area (Å²) < 4.78 is 1.72. The lowest BCUT2D eigenvalue weighted by atomic mass is 10.1. The van der Waals surface area contributed by atoms with E-state index >= 15 is 0 Å². The van der Waals surface area contributed by atoms with Crippen LogP contribution in [-0.4, -0.2) is 15.7 Å². The van der Waals surface area contributed by atoms with Crippen LogP contribution in [-0.2, 0) is 12.4 Å². The summed E-state index contributed by atoms with van der Waals surface area (Å²) in [4.78, 5) is 12.4. The highest BCUT2D eigenvalue weighted by Gasteiger charge is 2.17. The number of nitrogens with zero attached hydrogens (tertiary/aromatic N) is 2. The van der Waals surface area contributed by atoms with E-state index in [2.05, 4.69) is 26.3 Å². The standard InChI is InChI=1S/C14H16BrN3O/c1-9-13(10(2)18(3)17-9)14(19)16-12-7-5-4-6-11(12)8-15/h4-7H,8H2,1-3H3,(H,16,19). The van der Waals surface area contributed by atoms with Crippen LogP contribution in [0.2, 0.25) is 0 Å². The number of para-hydroxylation sites is 1. The fourth-order valence-corrected chi connectivity index (χ4v) is 2.53. The Morgan fingerprint density at radius 2 is 2.05 bits per heavy atom. The van der Waals surface area contributed by atoms with Crippen LogP contribution in [0.5, 0.6) is 0 Å². The number of carbonyl (C=O) groups excluding carboxylic acids is 1. The van der Waals surface area contributed by atoms with Crippen LogP contribution in [0, 0.1) is 13.8 Å². The first-order valence-corrected chi connectivity index (χ1v) is 7.12. The molecule has 0 spiro atoms. The van der Waals surface area contributed by atoms with E-state index in [1.807, 2.05) is 45.2 Å². The number of alkyl halides is 1. The van der Waals surface area contributed by atoms with E-state index in [4.69, 9.17) is 0 Å². The Bertz CT molecular complexity index is 619. The first-order chi connectivity index (χ1) is 9.04. The molecule has 2 aromatic rings. The van der Waals surface area contributed by atoms with Crippen molar-refractivity contribution in [2.75, 3.05) is 5.32 Å². The van der Waals surface area contributed by atoms with E-state index in [0.717, 1.165) is 22.6 Å². The van der Waals surface area contributed by atoms with Crippen molar-refractivity contribution in [3.63, 3.8) is 0 Å². The summed E-state index contributed by atoms with van der Waals surface area (Å²) in [5.74, 6) is -0.114. The largest absolute Gasteiger partial charge is 0.322 e. The van der Waals surface area contributed by atoms with Crippen LogP contribution in [0.3, 0.4) is 0 Å². The maximum absolute atomic E-state index is 12.4. The second kappa shape index (κ2) is 5.57. The molecule has 0 unspecified atom stereocenters. The van der Waals surface area contributed by atoms with Crippen LogP contribution < -0.4 is 5.32 Å². The molecule has 1 heterocycles. The van der Waals surface area contributed by atoms with Gasteiger partial charge < -0.3 is 5.32 Å². The highest BCUT2D eigenvalue weighted by Crippen LogP contribution is 2.20. The third kappa shape index (κ3) is 2.71. The average molecular weight is 322 g/mol. The highest BCUT2D eigenvalue weighted by atomic mass is 79.9. The Kier molecular flexibility index (Phi) is 4.04. The predicted octanol–water partition coefficient (Wildman–Crippen LogP) is 3.18. The second-order valence-electron chi connectivity index (χ2n) is 4.41. The van der Waals surface area contributed by atoms with Gasteiger partial charge in [-0.05, 0) is 25.5 Å². The van der Waals surface area contributed by atoms with Crippen LogP contribution in [0.1, 0.15) is 27.3 Å². The first kappa shape index (κ1) is 13.8. The minimum Gasteiger partial charge on any atom is -0.322 e. The number of hydrogen-bond donors (Lipinski definition) is 1. The second-order valence-corrected chi connectivity index (χ2v) is 4.98. The maximum atomic E-state index is 12.4. The van der Waals surface area contributed by atoms with E-state index in [1.165, 1.54) is 0 Å². The summed E-state index contributed by atoms with van der Waals surface area (Å²) in [6.45, 7) is 3.74. The Balaban J connectivity index is 2.31. The Hall–Kier alpha value is -1.62.